The minimum atomic E-state index is -3.20. The van der Waals surface area contributed by atoms with E-state index in [2.05, 4.69) is 4.31 Å². The van der Waals surface area contributed by atoms with Crippen molar-refractivity contribution in [2.45, 2.75) is 25.7 Å². The van der Waals surface area contributed by atoms with E-state index < -0.39 is 16.5 Å². The smallest absolute Gasteiger partial charge is 0.323 e. The fourth-order valence-electron chi connectivity index (χ4n) is 1.49. The molecule has 11 heteroatoms. The Bertz CT molecular complexity index is 295. The molecule has 2 atom stereocenters. The summed E-state index contributed by atoms with van der Waals surface area (Å²) >= 11 is 22.9. The van der Waals surface area contributed by atoms with Crippen LogP contribution in [0.15, 0.2) is 11.1 Å². The normalized spacial score (nSPS) is 13.0. The van der Waals surface area contributed by atoms with E-state index in [9.17, 15) is 9.13 Å². The Labute approximate surface area is 146 Å². The van der Waals surface area contributed by atoms with E-state index in [4.69, 9.17) is 56.2 Å². The highest BCUT2D eigenvalue weighted by Gasteiger charge is 2.05. The third-order valence-corrected chi connectivity index (χ3v) is 4.41. The summed E-state index contributed by atoms with van der Waals surface area (Å²) < 4.78 is 22.3. The highest BCUT2D eigenvalue weighted by Crippen LogP contribution is 2.30. The van der Waals surface area contributed by atoms with Gasteiger partial charge in [-0.2, -0.15) is 0 Å². The minimum Gasteiger partial charge on any atom is -0.326 e. The standard InChI is InChI=1S/C10H16Cl4.H4O5P2/c11-5-1-9(2-6-12)10(3-7-13)4-8-14;1-6(2)5-7(3)4/h1-8H2;6-7H,(H,1,2)(H,3,4). The first-order valence-corrected chi connectivity index (χ1v) is 10.7. The summed E-state index contributed by atoms with van der Waals surface area (Å²) in [6.45, 7) is 0. The van der Waals surface area contributed by atoms with E-state index in [-0.39, 0.29) is 0 Å². The summed E-state index contributed by atoms with van der Waals surface area (Å²) in [5.74, 6) is 2.56. The molecule has 0 aliphatic rings. The Hall–Kier alpha value is 1.24. The number of hydrogen-bond acceptors (Lipinski definition) is 3. The van der Waals surface area contributed by atoms with Gasteiger partial charge in [-0.3, -0.25) is 9.13 Å². The van der Waals surface area contributed by atoms with Gasteiger partial charge in [-0.15, -0.1) is 46.4 Å². The molecule has 0 heterocycles. The van der Waals surface area contributed by atoms with Gasteiger partial charge in [0, 0.05) is 23.5 Å². The van der Waals surface area contributed by atoms with Crippen molar-refractivity contribution in [3.63, 3.8) is 0 Å². The molecule has 2 unspecified atom stereocenters. The molecule has 2 N–H and O–H groups in total. The molecular weight excluding hydrogens is 404 g/mol. The molecule has 0 spiro atoms. The van der Waals surface area contributed by atoms with Gasteiger partial charge >= 0.3 is 16.5 Å². The van der Waals surface area contributed by atoms with Crippen molar-refractivity contribution in [1.29, 1.82) is 0 Å². The van der Waals surface area contributed by atoms with Crippen LogP contribution in [0.2, 0.25) is 0 Å². The van der Waals surface area contributed by atoms with Crippen molar-refractivity contribution in [2.24, 2.45) is 0 Å². The second kappa shape index (κ2) is 17.6. The summed E-state index contributed by atoms with van der Waals surface area (Å²) in [5, 5.41) is 0. The van der Waals surface area contributed by atoms with Crippen LogP contribution >= 0.6 is 62.9 Å². The summed E-state index contributed by atoms with van der Waals surface area (Å²) in [6, 6.07) is 0. The summed E-state index contributed by atoms with van der Waals surface area (Å²) in [7, 11) is -6.40. The first kappa shape index (κ1) is 24.5. The Morgan fingerprint density at radius 1 is 0.714 bits per heavy atom. The van der Waals surface area contributed by atoms with E-state index in [0.717, 1.165) is 25.7 Å². The predicted molar refractivity (Wildman–Crippen MR) is 91.9 cm³/mol. The lowest BCUT2D eigenvalue weighted by Crippen LogP contribution is -1.97. The zero-order valence-electron chi connectivity index (χ0n) is 11.3. The molecule has 128 valence electrons. The van der Waals surface area contributed by atoms with Crippen molar-refractivity contribution in [3.8, 4) is 0 Å². The van der Waals surface area contributed by atoms with E-state index in [1.54, 1.807) is 0 Å². The molecule has 0 aliphatic heterocycles. The quantitative estimate of drug-likeness (QED) is 0.305. The maximum Gasteiger partial charge on any atom is 0.323 e. The van der Waals surface area contributed by atoms with Gasteiger partial charge in [0.25, 0.3) is 0 Å². The number of rotatable bonds is 10. The van der Waals surface area contributed by atoms with Gasteiger partial charge in [0.15, 0.2) is 0 Å². The van der Waals surface area contributed by atoms with Crippen LogP contribution < -0.4 is 0 Å². The van der Waals surface area contributed by atoms with Crippen molar-refractivity contribution >= 4 is 62.9 Å². The molecule has 0 aromatic heterocycles. The van der Waals surface area contributed by atoms with Crippen LogP contribution in [0.4, 0.5) is 0 Å². The highest BCUT2D eigenvalue weighted by atomic mass is 35.5. The lowest BCUT2D eigenvalue weighted by molar-refractivity contribution is 0.371. The van der Waals surface area contributed by atoms with Crippen LogP contribution in [0.1, 0.15) is 25.7 Å². The maximum absolute atomic E-state index is 9.44. The number of allylic oxidation sites excluding steroid dienone is 2. The molecule has 0 radical (unpaired) electrons. The largest absolute Gasteiger partial charge is 0.326 e. The molecule has 0 aliphatic carbocycles. The summed E-state index contributed by atoms with van der Waals surface area (Å²) in [5.41, 5.74) is 2.69. The topological polar surface area (TPSA) is 83.8 Å². The second-order valence-corrected chi connectivity index (χ2v) is 6.99. The summed E-state index contributed by atoms with van der Waals surface area (Å²) in [6.07, 6.45) is 3.60. The Kier molecular flexibility index (Phi) is 20.5. The van der Waals surface area contributed by atoms with Gasteiger partial charge in [0.2, 0.25) is 0 Å². The number of halogens is 4. The molecule has 0 fully saturated rings. The third-order valence-electron chi connectivity index (χ3n) is 2.26. The van der Waals surface area contributed by atoms with Crippen LogP contribution in [0.5, 0.6) is 0 Å². The molecule has 0 saturated carbocycles. The van der Waals surface area contributed by atoms with Crippen molar-refractivity contribution in [3.05, 3.63) is 11.1 Å². The zero-order valence-corrected chi connectivity index (χ0v) is 16.3. The fourth-order valence-corrected chi connectivity index (χ4v) is 3.00. The molecule has 0 rings (SSSR count). The number of alkyl halides is 4. The van der Waals surface area contributed by atoms with Gasteiger partial charge in [0.1, 0.15) is 0 Å². The highest BCUT2D eigenvalue weighted by molar-refractivity contribution is 7.46. The SMILES string of the molecule is ClCCC(CCCl)=C(CCCl)CCCl.O=[PH](O)O[PH](=O)O. The average molecular weight is 424 g/mol. The van der Waals surface area contributed by atoms with Gasteiger partial charge < -0.3 is 9.79 Å². The monoisotopic (exact) mass is 422 g/mol. The minimum absolute atomic E-state index is 0.639. The van der Waals surface area contributed by atoms with Crippen LogP contribution in [0.25, 0.3) is 0 Å². The third kappa shape index (κ3) is 17.4. The lowest BCUT2D eigenvalue weighted by Gasteiger charge is -2.12. The first-order chi connectivity index (χ1) is 9.92. The lowest BCUT2D eigenvalue weighted by atomic mass is 9.99. The second-order valence-electron chi connectivity index (χ2n) is 3.60. The summed E-state index contributed by atoms with van der Waals surface area (Å²) in [4.78, 5) is 15.4. The van der Waals surface area contributed by atoms with E-state index in [0.29, 0.717) is 23.5 Å². The molecule has 5 nitrogen and oxygen atoms in total. The molecule has 0 saturated heterocycles. The Morgan fingerprint density at radius 3 is 1.05 bits per heavy atom. The Morgan fingerprint density at radius 2 is 0.952 bits per heavy atom. The van der Waals surface area contributed by atoms with Crippen LogP contribution in [0.3, 0.4) is 0 Å². The fraction of sp³-hybridized carbons (Fsp3) is 0.800. The molecule has 21 heavy (non-hydrogen) atoms. The molecule has 0 aromatic carbocycles. The van der Waals surface area contributed by atoms with Crippen molar-refractivity contribution < 1.29 is 23.2 Å². The van der Waals surface area contributed by atoms with E-state index >= 15 is 0 Å². The van der Waals surface area contributed by atoms with E-state index in [1.165, 1.54) is 11.1 Å². The van der Waals surface area contributed by atoms with E-state index in [1.807, 2.05) is 0 Å². The van der Waals surface area contributed by atoms with Gasteiger partial charge in [-0.25, -0.2) is 4.31 Å². The number of hydrogen-bond donors (Lipinski definition) is 2. The van der Waals surface area contributed by atoms with Crippen molar-refractivity contribution in [1.82, 2.24) is 0 Å². The first-order valence-electron chi connectivity index (χ1n) is 6.00. The van der Waals surface area contributed by atoms with Gasteiger partial charge in [-0.1, -0.05) is 11.1 Å². The predicted octanol–water partition coefficient (Wildman–Crippen LogP) is 4.57. The zero-order chi connectivity index (χ0) is 16.7. The van der Waals surface area contributed by atoms with Gasteiger partial charge in [-0.05, 0) is 25.7 Å². The molecule has 0 amide bonds. The average Bonchev–Trinajstić information content (AvgIpc) is 2.37. The van der Waals surface area contributed by atoms with Crippen LogP contribution in [-0.4, -0.2) is 33.3 Å². The van der Waals surface area contributed by atoms with Crippen LogP contribution in [0, 0.1) is 0 Å². The van der Waals surface area contributed by atoms with Crippen LogP contribution in [-0.2, 0) is 13.4 Å². The Balaban J connectivity index is 0. The molecule has 0 aromatic rings. The molecular formula is C10H20Cl4O5P2. The molecule has 0 bridgehead atoms. The van der Waals surface area contributed by atoms with Crippen molar-refractivity contribution in [2.75, 3.05) is 23.5 Å². The maximum atomic E-state index is 9.44. The van der Waals surface area contributed by atoms with Gasteiger partial charge in [0.05, 0.1) is 0 Å².